The monoisotopic (exact) mass is 290 g/mol. The summed E-state index contributed by atoms with van der Waals surface area (Å²) in [4.78, 5) is 17.1. The molecular weight excluding hydrogens is 264 g/mol. The van der Waals surface area contributed by atoms with Gasteiger partial charge in [0.05, 0.1) is 17.4 Å². The molecule has 1 aliphatic rings. The molecule has 3 N–H and O–H groups in total. The average molecular weight is 290 g/mol. The number of carbonyl (C=O) groups is 1. The number of nitrogens with zero attached hydrogens (tertiary/aromatic N) is 2. The van der Waals surface area contributed by atoms with Crippen LogP contribution in [-0.4, -0.2) is 54.0 Å². The van der Waals surface area contributed by atoms with E-state index < -0.39 is 0 Å². The minimum Gasteiger partial charge on any atom is -0.397 e. The van der Waals surface area contributed by atoms with Gasteiger partial charge < -0.3 is 11.1 Å². The van der Waals surface area contributed by atoms with Gasteiger partial charge in [-0.25, -0.2) is 0 Å². The number of likely N-dealkylation sites (N-methyl/N-ethyl adjacent to an activating group) is 1. The van der Waals surface area contributed by atoms with Crippen molar-refractivity contribution in [3.63, 3.8) is 0 Å². The molecular formula is C16H26N4O. The summed E-state index contributed by atoms with van der Waals surface area (Å²) in [5.74, 6) is 0.00467. The zero-order chi connectivity index (χ0) is 15.4. The second kappa shape index (κ2) is 6.91. The molecule has 21 heavy (non-hydrogen) atoms. The smallest absolute Gasteiger partial charge is 0.241 e. The number of para-hydroxylation sites is 2. The van der Waals surface area contributed by atoms with E-state index in [-0.39, 0.29) is 11.9 Å². The Morgan fingerprint density at radius 2 is 2.14 bits per heavy atom. The van der Waals surface area contributed by atoms with E-state index in [1.807, 2.05) is 25.1 Å². The number of rotatable bonds is 4. The Morgan fingerprint density at radius 3 is 2.76 bits per heavy atom. The van der Waals surface area contributed by atoms with E-state index in [1.165, 1.54) is 0 Å². The van der Waals surface area contributed by atoms with Crippen LogP contribution in [0.25, 0.3) is 0 Å². The van der Waals surface area contributed by atoms with E-state index >= 15 is 0 Å². The molecule has 0 aromatic heterocycles. The quantitative estimate of drug-likeness (QED) is 0.827. The maximum atomic E-state index is 12.4. The molecule has 5 heteroatoms. The fourth-order valence-corrected chi connectivity index (χ4v) is 2.86. The van der Waals surface area contributed by atoms with Crippen molar-refractivity contribution in [1.82, 2.24) is 9.80 Å². The van der Waals surface area contributed by atoms with Crippen LogP contribution in [0.4, 0.5) is 11.4 Å². The Hall–Kier alpha value is -1.59. The second-order valence-corrected chi connectivity index (χ2v) is 5.73. The van der Waals surface area contributed by atoms with Crippen molar-refractivity contribution >= 4 is 17.3 Å². The first-order valence-electron chi connectivity index (χ1n) is 7.66. The number of nitrogens with two attached hydrogens (primary N) is 1. The molecule has 0 aliphatic carbocycles. The van der Waals surface area contributed by atoms with E-state index in [0.29, 0.717) is 17.4 Å². The van der Waals surface area contributed by atoms with Crippen molar-refractivity contribution in [3.8, 4) is 0 Å². The molecule has 1 saturated heterocycles. The van der Waals surface area contributed by atoms with E-state index in [1.54, 1.807) is 6.07 Å². The van der Waals surface area contributed by atoms with Gasteiger partial charge in [0.1, 0.15) is 0 Å². The van der Waals surface area contributed by atoms with Crippen molar-refractivity contribution in [1.29, 1.82) is 0 Å². The maximum absolute atomic E-state index is 12.4. The average Bonchev–Trinajstić information content (AvgIpc) is 2.48. The summed E-state index contributed by atoms with van der Waals surface area (Å²) >= 11 is 0. The normalized spacial score (nSPS) is 22.0. The van der Waals surface area contributed by atoms with E-state index in [2.05, 4.69) is 29.0 Å². The fourth-order valence-electron chi connectivity index (χ4n) is 2.86. The van der Waals surface area contributed by atoms with Crippen molar-refractivity contribution in [2.45, 2.75) is 32.9 Å². The van der Waals surface area contributed by atoms with Crippen molar-refractivity contribution in [3.05, 3.63) is 24.3 Å². The predicted octanol–water partition coefficient (Wildman–Crippen LogP) is 1.62. The molecule has 1 amide bonds. The van der Waals surface area contributed by atoms with Gasteiger partial charge in [-0.3, -0.25) is 14.6 Å². The zero-order valence-corrected chi connectivity index (χ0v) is 13.2. The highest BCUT2D eigenvalue weighted by molar-refractivity contribution is 5.97. The van der Waals surface area contributed by atoms with Crippen LogP contribution in [0.1, 0.15) is 20.8 Å². The molecule has 1 fully saturated rings. The molecule has 2 atom stereocenters. The fraction of sp³-hybridized carbons (Fsp3) is 0.562. The van der Waals surface area contributed by atoms with Gasteiger partial charge in [-0.05, 0) is 32.5 Å². The number of nitrogen functional groups attached to an aromatic ring is 1. The van der Waals surface area contributed by atoms with Gasteiger partial charge in [0.2, 0.25) is 5.91 Å². The van der Waals surface area contributed by atoms with Crippen molar-refractivity contribution in [2.75, 3.05) is 37.2 Å². The summed E-state index contributed by atoms with van der Waals surface area (Å²) in [6.45, 7) is 10.3. The third kappa shape index (κ3) is 3.74. The lowest BCUT2D eigenvalue weighted by Crippen LogP contribution is -2.56. The maximum Gasteiger partial charge on any atom is 0.241 e. The first-order chi connectivity index (χ1) is 10.0. The van der Waals surface area contributed by atoms with Gasteiger partial charge in [-0.1, -0.05) is 19.1 Å². The summed E-state index contributed by atoms with van der Waals surface area (Å²) in [6, 6.07) is 7.70. The Morgan fingerprint density at radius 1 is 1.43 bits per heavy atom. The Bertz CT molecular complexity index is 491. The molecule has 0 spiro atoms. The lowest BCUT2D eigenvalue weighted by atomic mass is 10.1. The number of piperazine rings is 1. The molecule has 0 saturated carbocycles. The van der Waals surface area contributed by atoms with E-state index in [9.17, 15) is 4.79 Å². The topological polar surface area (TPSA) is 61.6 Å². The van der Waals surface area contributed by atoms with Gasteiger partial charge in [0.25, 0.3) is 0 Å². The molecule has 0 radical (unpaired) electrons. The van der Waals surface area contributed by atoms with Gasteiger partial charge in [0.15, 0.2) is 0 Å². The van der Waals surface area contributed by atoms with Crippen LogP contribution in [0.3, 0.4) is 0 Å². The first kappa shape index (κ1) is 15.8. The van der Waals surface area contributed by atoms with Crippen LogP contribution in [0.5, 0.6) is 0 Å². The number of hydrogen-bond acceptors (Lipinski definition) is 4. The number of carbonyl (C=O) groups excluding carboxylic acids is 1. The lowest BCUT2D eigenvalue weighted by molar-refractivity contribution is -0.121. The highest BCUT2D eigenvalue weighted by Gasteiger charge is 2.28. The van der Waals surface area contributed by atoms with Crippen LogP contribution >= 0.6 is 0 Å². The number of nitrogens with one attached hydrogen (secondary N) is 1. The van der Waals surface area contributed by atoms with E-state index in [4.69, 9.17) is 5.73 Å². The largest absolute Gasteiger partial charge is 0.397 e. The van der Waals surface area contributed by atoms with E-state index in [0.717, 1.165) is 26.2 Å². The van der Waals surface area contributed by atoms with Gasteiger partial charge >= 0.3 is 0 Å². The van der Waals surface area contributed by atoms with Gasteiger partial charge in [-0.15, -0.1) is 0 Å². The summed E-state index contributed by atoms with van der Waals surface area (Å²) in [5, 5.41) is 2.93. The summed E-state index contributed by atoms with van der Waals surface area (Å²) < 4.78 is 0. The molecule has 2 rings (SSSR count). The standard InChI is InChI=1S/C16H26N4O/c1-4-19-9-10-20(11-12(19)2)13(3)16(21)18-15-8-6-5-7-14(15)17/h5-8,12-13H,4,9-11,17H2,1-3H3,(H,18,21). The molecule has 116 valence electrons. The number of anilines is 2. The zero-order valence-electron chi connectivity index (χ0n) is 13.2. The minimum atomic E-state index is -0.147. The molecule has 1 aliphatic heterocycles. The Labute approximate surface area is 127 Å². The van der Waals surface area contributed by atoms with Crippen LogP contribution < -0.4 is 11.1 Å². The first-order valence-corrected chi connectivity index (χ1v) is 7.66. The molecule has 2 unspecified atom stereocenters. The highest BCUT2D eigenvalue weighted by atomic mass is 16.2. The number of benzene rings is 1. The number of amides is 1. The van der Waals surface area contributed by atoms with Gasteiger partial charge in [-0.2, -0.15) is 0 Å². The molecule has 1 aromatic rings. The summed E-state index contributed by atoms with van der Waals surface area (Å²) in [6.07, 6.45) is 0. The SMILES string of the molecule is CCN1CCN(C(C)C(=O)Nc2ccccc2N)CC1C. The molecule has 1 aromatic carbocycles. The number of hydrogen-bond donors (Lipinski definition) is 2. The lowest BCUT2D eigenvalue weighted by Gasteiger charge is -2.41. The summed E-state index contributed by atoms with van der Waals surface area (Å²) in [5.41, 5.74) is 7.16. The van der Waals surface area contributed by atoms with Crippen LogP contribution in [0.2, 0.25) is 0 Å². The van der Waals surface area contributed by atoms with Gasteiger partial charge in [0, 0.05) is 25.7 Å². The van der Waals surface area contributed by atoms with Crippen molar-refractivity contribution in [2.24, 2.45) is 0 Å². The second-order valence-electron chi connectivity index (χ2n) is 5.73. The predicted molar refractivity (Wildman–Crippen MR) is 87.2 cm³/mol. The Kier molecular flexibility index (Phi) is 5.20. The summed E-state index contributed by atoms with van der Waals surface area (Å²) in [7, 11) is 0. The molecule has 1 heterocycles. The third-order valence-electron chi connectivity index (χ3n) is 4.35. The van der Waals surface area contributed by atoms with Crippen molar-refractivity contribution < 1.29 is 4.79 Å². The van der Waals surface area contributed by atoms with Crippen LogP contribution in [-0.2, 0) is 4.79 Å². The minimum absolute atomic E-state index is 0.00467. The highest BCUT2D eigenvalue weighted by Crippen LogP contribution is 2.18. The Balaban J connectivity index is 1.95. The molecule has 0 bridgehead atoms. The third-order valence-corrected chi connectivity index (χ3v) is 4.35. The van der Waals surface area contributed by atoms with Crippen LogP contribution in [0.15, 0.2) is 24.3 Å². The molecule has 5 nitrogen and oxygen atoms in total. The van der Waals surface area contributed by atoms with Crippen LogP contribution in [0, 0.1) is 0 Å².